The zero-order valence-corrected chi connectivity index (χ0v) is 22.5. The standard InChI is InChI=1S/C25H15Cl4F4N3O3/c1-9(37)34-21-16(31)8-17(32)22(20(21)33)36-23(38)12-7-11(3-4-13(12)26)35-24(39)19-18(25(19,28)29)10-2-5-15(30)14(27)6-10/h2-8,18-19H,1H3,(H,34,37)(H,35,39)(H,36,38)/t18-,19+/m0/s1. The summed E-state index contributed by atoms with van der Waals surface area (Å²) in [5.74, 6) is -9.32. The summed E-state index contributed by atoms with van der Waals surface area (Å²) in [5, 5.41) is 6.05. The summed E-state index contributed by atoms with van der Waals surface area (Å²) in [5.41, 5.74) is -1.81. The van der Waals surface area contributed by atoms with Gasteiger partial charge in [-0.3, -0.25) is 14.4 Å². The Morgan fingerprint density at radius 3 is 2.05 bits per heavy atom. The first kappa shape index (κ1) is 28.9. The lowest BCUT2D eigenvalue weighted by molar-refractivity contribution is -0.117. The first-order chi connectivity index (χ1) is 18.2. The van der Waals surface area contributed by atoms with Gasteiger partial charge in [0.25, 0.3) is 5.91 Å². The molecular weight excluding hydrogens is 608 g/mol. The summed E-state index contributed by atoms with van der Waals surface area (Å²) < 4.78 is 55.0. The van der Waals surface area contributed by atoms with Crippen LogP contribution >= 0.6 is 46.4 Å². The van der Waals surface area contributed by atoms with Crippen LogP contribution in [0.1, 0.15) is 28.8 Å². The predicted octanol–water partition coefficient (Wildman–Crippen LogP) is 7.29. The third kappa shape index (κ3) is 5.79. The molecule has 0 aliphatic heterocycles. The molecule has 39 heavy (non-hydrogen) atoms. The van der Waals surface area contributed by atoms with Gasteiger partial charge in [-0.2, -0.15) is 0 Å². The Morgan fingerprint density at radius 2 is 1.44 bits per heavy atom. The van der Waals surface area contributed by atoms with Crippen molar-refractivity contribution in [3.05, 3.63) is 86.9 Å². The highest BCUT2D eigenvalue weighted by Gasteiger charge is 2.67. The minimum Gasteiger partial charge on any atom is -0.326 e. The molecule has 0 aromatic heterocycles. The van der Waals surface area contributed by atoms with Crippen LogP contribution in [-0.4, -0.2) is 22.1 Å². The van der Waals surface area contributed by atoms with Crippen molar-refractivity contribution in [1.29, 1.82) is 0 Å². The Kier molecular flexibility index (Phi) is 8.05. The zero-order chi connectivity index (χ0) is 28.8. The Balaban J connectivity index is 1.55. The smallest absolute Gasteiger partial charge is 0.257 e. The molecule has 1 saturated carbocycles. The van der Waals surface area contributed by atoms with Crippen molar-refractivity contribution in [2.45, 2.75) is 17.2 Å². The summed E-state index contributed by atoms with van der Waals surface area (Å²) in [6, 6.07) is 7.82. The van der Waals surface area contributed by atoms with Gasteiger partial charge in [0.1, 0.15) is 21.5 Å². The number of rotatable bonds is 6. The monoisotopic (exact) mass is 621 g/mol. The fraction of sp³-hybridized carbons (Fsp3) is 0.160. The van der Waals surface area contributed by atoms with Crippen molar-refractivity contribution >= 4 is 81.2 Å². The highest BCUT2D eigenvalue weighted by atomic mass is 35.5. The Labute approximate surface area is 238 Å². The van der Waals surface area contributed by atoms with Gasteiger partial charge >= 0.3 is 0 Å². The number of anilines is 3. The van der Waals surface area contributed by atoms with E-state index in [1.807, 2.05) is 10.6 Å². The number of alkyl halides is 2. The molecule has 4 rings (SSSR count). The summed E-state index contributed by atoms with van der Waals surface area (Å²) in [6.45, 7) is 0.983. The zero-order valence-electron chi connectivity index (χ0n) is 19.4. The fourth-order valence-corrected chi connectivity index (χ4v) is 5.17. The van der Waals surface area contributed by atoms with Crippen LogP contribution in [0.4, 0.5) is 34.6 Å². The van der Waals surface area contributed by atoms with E-state index < -0.39 is 68.5 Å². The van der Waals surface area contributed by atoms with Crippen LogP contribution in [0.5, 0.6) is 0 Å². The van der Waals surface area contributed by atoms with Gasteiger partial charge in [0, 0.05) is 24.6 Å². The Bertz CT molecular complexity index is 1540. The number of nitrogens with one attached hydrogen (secondary N) is 3. The lowest BCUT2D eigenvalue weighted by Gasteiger charge is -2.14. The van der Waals surface area contributed by atoms with Gasteiger partial charge in [-0.15, -0.1) is 23.2 Å². The number of hydrogen-bond acceptors (Lipinski definition) is 3. The van der Waals surface area contributed by atoms with Gasteiger partial charge in [0.05, 0.1) is 21.5 Å². The van der Waals surface area contributed by atoms with Gasteiger partial charge in [0.15, 0.2) is 17.5 Å². The number of halogens is 8. The molecule has 1 aliphatic carbocycles. The number of carbonyl (C=O) groups excluding carboxylic acids is 3. The molecule has 3 N–H and O–H groups in total. The van der Waals surface area contributed by atoms with Crippen LogP contribution in [0, 0.1) is 29.2 Å². The summed E-state index contributed by atoms with van der Waals surface area (Å²) >= 11 is 24.5. The Morgan fingerprint density at radius 1 is 0.795 bits per heavy atom. The number of hydrogen-bond donors (Lipinski definition) is 3. The van der Waals surface area contributed by atoms with Crippen LogP contribution in [0.15, 0.2) is 42.5 Å². The average Bonchev–Trinajstić information content (AvgIpc) is 3.44. The third-order valence-corrected chi connectivity index (χ3v) is 7.39. The van der Waals surface area contributed by atoms with Crippen molar-refractivity contribution in [3.63, 3.8) is 0 Å². The van der Waals surface area contributed by atoms with Crippen molar-refractivity contribution in [2.24, 2.45) is 5.92 Å². The van der Waals surface area contributed by atoms with Crippen molar-refractivity contribution in [3.8, 4) is 0 Å². The maximum absolute atomic E-state index is 14.7. The molecule has 3 aromatic carbocycles. The van der Waals surface area contributed by atoms with E-state index in [2.05, 4.69) is 5.32 Å². The molecule has 0 heterocycles. The lowest BCUT2D eigenvalue weighted by atomic mass is 10.1. The van der Waals surface area contributed by atoms with Gasteiger partial charge in [-0.25, -0.2) is 17.6 Å². The quantitative estimate of drug-likeness (QED) is 0.199. The second-order valence-corrected chi connectivity index (χ2v) is 10.8. The van der Waals surface area contributed by atoms with E-state index in [1.54, 1.807) is 0 Å². The third-order valence-electron chi connectivity index (χ3n) is 5.83. The van der Waals surface area contributed by atoms with Gasteiger partial charge in [-0.05, 0) is 35.9 Å². The molecule has 204 valence electrons. The van der Waals surface area contributed by atoms with Crippen LogP contribution in [0.3, 0.4) is 0 Å². The summed E-state index contributed by atoms with van der Waals surface area (Å²) in [7, 11) is 0. The van der Waals surface area contributed by atoms with Crippen LogP contribution in [0.25, 0.3) is 0 Å². The van der Waals surface area contributed by atoms with E-state index in [0.717, 1.165) is 19.1 Å². The largest absolute Gasteiger partial charge is 0.326 e. The molecular formula is C25H15Cl4F4N3O3. The van der Waals surface area contributed by atoms with Crippen LogP contribution < -0.4 is 16.0 Å². The van der Waals surface area contributed by atoms with Crippen molar-refractivity contribution < 1.29 is 31.9 Å². The molecule has 2 atom stereocenters. The first-order valence-corrected chi connectivity index (χ1v) is 12.4. The predicted molar refractivity (Wildman–Crippen MR) is 141 cm³/mol. The number of amides is 3. The maximum atomic E-state index is 14.7. The number of carbonyl (C=O) groups is 3. The van der Waals surface area contributed by atoms with Crippen molar-refractivity contribution in [2.75, 3.05) is 16.0 Å². The highest BCUT2D eigenvalue weighted by Crippen LogP contribution is 2.65. The van der Waals surface area contributed by atoms with E-state index >= 15 is 0 Å². The van der Waals surface area contributed by atoms with Crippen LogP contribution in [0.2, 0.25) is 10.0 Å². The van der Waals surface area contributed by atoms with Crippen molar-refractivity contribution in [1.82, 2.24) is 0 Å². The van der Waals surface area contributed by atoms with E-state index in [0.29, 0.717) is 5.56 Å². The lowest BCUT2D eigenvalue weighted by Crippen LogP contribution is -2.19. The molecule has 1 aliphatic rings. The van der Waals surface area contributed by atoms with E-state index in [9.17, 15) is 31.9 Å². The van der Waals surface area contributed by atoms with E-state index in [-0.39, 0.29) is 27.4 Å². The number of benzene rings is 3. The topological polar surface area (TPSA) is 87.3 Å². The molecule has 0 bridgehead atoms. The average molecular weight is 623 g/mol. The molecule has 3 amide bonds. The van der Waals surface area contributed by atoms with Crippen LogP contribution in [-0.2, 0) is 9.59 Å². The van der Waals surface area contributed by atoms with Gasteiger partial charge in [0.2, 0.25) is 11.8 Å². The molecule has 0 unspecified atom stereocenters. The maximum Gasteiger partial charge on any atom is 0.257 e. The summed E-state index contributed by atoms with van der Waals surface area (Å²) in [6.07, 6.45) is 0. The molecule has 1 fully saturated rings. The minimum absolute atomic E-state index is 0.0560. The molecule has 0 spiro atoms. The Hall–Kier alpha value is -3.05. The van der Waals surface area contributed by atoms with Gasteiger partial charge < -0.3 is 16.0 Å². The van der Waals surface area contributed by atoms with Gasteiger partial charge in [-0.1, -0.05) is 29.3 Å². The highest BCUT2D eigenvalue weighted by molar-refractivity contribution is 6.53. The fourth-order valence-electron chi connectivity index (χ4n) is 3.95. The summed E-state index contributed by atoms with van der Waals surface area (Å²) in [4.78, 5) is 37.0. The normalized spacial score (nSPS) is 17.4. The SMILES string of the molecule is CC(=O)Nc1c(F)cc(F)c(NC(=O)c2cc(NC(=O)[C@H]3[C@H](c4ccc(F)c(Cl)c4)C3(Cl)Cl)ccc2Cl)c1F. The molecule has 3 aromatic rings. The van der Waals surface area contributed by atoms with E-state index in [1.165, 1.54) is 24.3 Å². The second kappa shape index (κ2) is 10.8. The molecule has 0 saturated heterocycles. The van der Waals surface area contributed by atoms with E-state index in [4.69, 9.17) is 46.4 Å². The first-order valence-electron chi connectivity index (χ1n) is 10.9. The molecule has 6 nitrogen and oxygen atoms in total. The minimum atomic E-state index is -1.56. The molecule has 0 radical (unpaired) electrons. The second-order valence-electron chi connectivity index (χ2n) is 8.53. The molecule has 14 heteroatoms.